The van der Waals surface area contributed by atoms with Gasteiger partial charge in [-0.3, -0.25) is 14.2 Å². The first kappa shape index (κ1) is 23.3. The third kappa shape index (κ3) is 5.20. The van der Waals surface area contributed by atoms with Gasteiger partial charge in [-0.15, -0.1) is 0 Å². The number of methoxy groups -OCH3 is 2. The normalized spacial score (nSPS) is 10.9. The molecule has 2 aromatic carbocycles. The van der Waals surface area contributed by atoms with Crippen molar-refractivity contribution in [3.63, 3.8) is 0 Å². The lowest BCUT2D eigenvalue weighted by Gasteiger charge is -2.10. The summed E-state index contributed by atoms with van der Waals surface area (Å²) in [6, 6.07) is 12.7. The van der Waals surface area contributed by atoms with Gasteiger partial charge in [0.15, 0.2) is 17.1 Å². The predicted octanol–water partition coefficient (Wildman–Crippen LogP) is 2.67. The fourth-order valence-corrected chi connectivity index (χ4v) is 3.86. The van der Waals surface area contributed by atoms with Crippen LogP contribution in [0.1, 0.15) is 11.1 Å². The molecule has 9 nitrogen and oxygen atoms in total. The molecule has 0 bridgehead atoms. The van der Waals surface area contributed by atoms with Gasteiger partial charge < -0.3 is 14.8 Å². The summed E-state index contributed by atoms with van der Waals surface area (Å²) in [5.74, 6) is 1.04. The molecule has 1 amide bonds. The summed E-state index contributed by atoms with van der Waals surface area (Å²) in [6.07, 6.45) is 3.21. The van der Waals surface area contributed by atoms with Gasteiger partial charge >= 0.3 is 0 Å². The number of carbonyl (C=O) groups excluding carboxylic acids is 1. The zero-order chi connectivity index (χ0) is 24.1. The molecule has 0 radical (unpaired) electrons. The maximum absolute atomic E-state index is 12.9. The average molecular weight is 482 g/mol. The highest BCUT2D eigenvalue weighted by atomic mass is 35.5. The summed E-state index contributed by atoms with van der Waals surface area (Å²) < 4.78 is 13.6. The van der Waals surface area contributed by atoms with E-state index in [0.717, 1.165) is 11.1 Å². The van der Waals surface area contributed by atoms with Gasteiger partial charge in [-0.05, 0) is 35.4 Å². The standard InChI is InChI=1S/C24H24ClN5O4/c1-33-20-7-6-16(11-21(20)34-2)12-22(31)26-8-9-30-23-19(13-28-30)24(32)29(15-27-23)14-17-4-3-5-18(25)10-17/h3-7,10-11,13,15H,8-9,12,14H2,1-2H3,(H,26,31). The predicted molar refractivity (Wildman–Crippen MR) is 129 cm³/mol. The summed E-state index contributed by atoms with van der Waals surface area (Å²) in [4.78, 5) is 29.6. The number of aromatic nitrogens is 4. The minimum atomic E-state index is -0.186. The maximum Gasteiger partial charge on any atom is 0.264 e. The van der Waals surface area contributed by atoms with Crippen LogP contribution in [0, 0.1) is 0 Å². The number of halogens is 1. The monoisotopic (exact) mass is 481 g/mol. The molecule has 4 rings (SSSR count). The second kappa shape index (κ2) is 10.4. The molecule has 0 fully saturated rings. The Labute approximate surface area is 200 Å². The Morgan fingerprint density at radius 3 is 2.68 bits per heavy atom. The van der Waals surface area contributed by atoms with E-state index in [-0.39, 0.29) is 17.9 Å². The Hall–Kier alpha value is -3.85. The van der Waals surface area contributed by atoms with E-state index in [9.17, 15) is 9.59 Å². The summed E-state index contributed by atoms with van der Waals surface area (Å²) in [6.45, 7) is 1.09. The van der Waals surface area contributed by atoms with Crippen molar-refractivity contribution in [3.05, 3.63) is 81.5 Å². The van der Waals surface area contributed by atoms with Crippen molar-refractivity contribution < 1.29 is 14.3 Å². The molecule has 0 aliphatic heterocycles. The fraction of sp³-hybridized carbons (Fsp3) is 0.250. The van der Waals surface area contributed by atoms with Crippen molar-refractivity contribution in [1.82, 2.24) is 24.6 Å². The molecule has 0 saturated heterocycles. The molecule has 0 unspecified atom stereocenters. The molecule has 10 heteroatoms. The number of rotatable bonds is 9. The van der Waals surface area contributed by atoms with E-state index in [4.69, 9.17) is 21.1 Å². The van der Waals surface area contributed by atoms with E-state index in [1.165, 1.54) is 17.1 Å². The van der Waals surface area contributed by atoms with Gasteiger partial charge in [0.25, 0.3) is 5.56 Å². The zero-order valence-electron chi connectivity index (χ0n) is 18.8. The largest absolute Gasteiger partial charge is 0.493 e. The van der Waals surface area contributed by atoms with Crippen molar-refractivity contribution >= 4 is 28.5 Å². The molecule has 176 valence electrons. The van der Waals surface area contributed by atoms with Crippen molar-refractivity contribution in [2.45, 2.75) is 19.5 Å². The van der Waals surface area contributed by atoms with Crippen LogP contribution in [-0.2, 0) is 24.3 Å². The summed E-state index contributed by atoms with van der Waals surface area (Å²) in [5, 5.41) is 8.18. The zero-order valence-corrected chi connectivity index (χ0v) is 19.6. The Morgan fingerprint density at radius 1 is 1.09 bits per heavy atom. The molecule has 2 heterocycles. The number of ether oxygens (including phenoxy) is 2. The first-order valence-electron chi connectivity index (χ1n) is 10.6. The molecule has 0 saturated carbocycles. The molecule has 1 N–H and O–H groups in total. The number of amides is 1. The Balaban J connectivity index is 1.38. The molecule has 2 aromatic heterocycles. The fourth-order valence-electron chi connectivity index (χ4n) is 3.65. The van der Waals surface area contributed by atoms with Gasteiger partial charge in [0.1, 0.15) is 11.7 Å². The van der Waals surface area contributed by atoms with Crippen LogP contribution in [0.3, 0.4) is 0 Å². The number of carbonyl (C=O) groups is 1. The molecule has 4 aromatic rings. The molecule has 0 aliphatic carbocycles. The van der Waals surface area contributed by atoms with Crippen LogP contribution in [0.25, 0.3) is 11.0 Å². The number of hydrogen-bond donors (Lipinski definition) is 1. The van der Waals surface area contributed by atoms with Crippen LogP contribution < -0.4 is 20.3 Å². The van der Waals surface area contributed by atoms with Gasteiger partial charge in [-0.2, -0.15) is 5.10 Å². The van der Waals surface area contributed by atoms with Crippen LogP contribution in [0.15, 0.2) is 59.8 Å². The summed E-state index contributed by atoms with van der Waals surface area (Å²) >= 11 is 6.03. The minimum Gasteiger partial charge on any atom is -0.493 e. The number of nitrogens with one attached hydrogen (secondary N) is 1. The average Bonchev–Trinajstić information content (AvgIpc) is 3.24. The lowest BCUT2D eigenvalue weighted by atomic mass is 10.1. The van der Waals surface area contributed by atoms with Crippen molar-refractivity contribution in [1.29, 1.82) is 0 Å². The minimum absolute atomic E-state index is 0.138. The quantitative estimate of drug-likeness (QED) is 0.394. The SMILES string of the molecule is COc1ccc(CC(=O)NCCn2ncc3c(=O)n(Cc4cccc(Cl)c4)cnc32)cc1OC. The molecule has 0 atom stereocenters. The Kier molecular flexibility index (Phi) is 7.12. The van der Waals surface area contributed by atoms with E-state index in [1.807, 2.05) is 24.3 Å². The van der Waals surface area contributed by atoms with E-state index >= 15 is 0 Å². The Morgan fingerprint density at radius 2 is 1.91 bits per heavy atom. The van der Waals surface area contributed by atoms with Gasteiger partial charge in [-0.25, -0.2) is 9.67 Å². The second-order valence-electron chi connectivity index (χ2n) is 7.63. The van der Waals surface area contributed by atoms with E-state index < -0.39 is 0 Å². The third-order valence-corrected chi connectivity index (χ3v) is 5.56. The highest BCUT2D eigenvalue weighted by molar-refractivity contribution is 6.30. The van der Waals surface area contributed by atoms with Gasteiger partial charge in [0.05, 0.1) is 39.9 Å². The first-order chi connectivity index (χ1) is 16.5. The third-order valence-electron chi connectivity index (χ3n) is 5.32. The van der Waals surface area contributed by atoms with Gasteiger partial charge in [0, 0.05) is 11.6 Å². The number of fused-ring (bicyclic) bond motifs is 1. The van der Waals surface area contributed by atoms with Gasteiger partial charge in [-0.1, -0.05) is 29.8 Å². The van der Waals surface area contributed by atoms with E-state index in [1.54, 1.807) is 37.1 Å². The number of hydrogen-bond acceptors (Lipinski definition) is 6. The van der Waals surface area contributed by atoms with Crippen molar-refractivity contribution in [2.24, 2.45) is 0 Å². The highest BCUT2D eigenvalue weighted by Gasteiger charge is 2.12. The topological polar surface area (TPSA) is 100 Å². The second-order valence-corrected chi connectivity index (χ2v) is 8.07. The molecular formula is C24H24ClN5O4. The maximum atomic E-state index is 12.9. The first-order valence-corrected chi connectivity index (χ1v) is 11.0. The summed E-state index contributed by atoms with van der Waals surface area (Å²) in [7, 11) is 3.11. The molecule has 0 aliphatic rings. The summed E-state index contributed by atoms with van der Waals surface area (Å²) in [5.41, 5.74) is 2.00. The Bertz CT molecular complexity index is 1380. The number of nitrogens with zero attached hydrogens (tertiary/aromatic N) is 4. The van der Waals surface area contributed by atoms with Crippen molar-refractivity contribution in [2.75, 3.05) is 20.8 Å². The highest BCUT2D eigenvalue weighted by Crippen LogP contribution is 2.27. The van der Waals surface area contributed by atoms with E-state index in [0.29, 0.717) is 47.2 Å². The van der Waals surface area contributed by atoms with Crippen molar-refractivity contribution in [3.8, 4) is 11.5 Å². The van der Waals surface area contributed by atoms with Gasteiger partial charge in [0.2, 0.25) is 5.91 Å². The van der Waals surface area contributed by atoms with E-state index in [2.05, 4.69) is 15.4 Å². The van der Waals surface area contributed by atoms with Crippen LogP contribution in [0.2, 0.25) is 5.02 Å². The molecular weight excluding hydrogens is 458 g/mol. The smallest absolute Gasteiger partial charge is 0.264 e. The van der Waals surface area contributed by atoms with Crippen LogP contribution in [0.5, 0.6) is 11.5 Å². The number of benzene rings is 2. The lowest BCUT2D eigenvalue weighted by molar-refractivity contribution is -0.120. The van der Waals surface area contributed by atoms with Crippen LogP contribution in [0.4, 0.5) is 0 Å². The lowest BCUT2D eigenvalue weighted by Crippen LogP contribution is -2.29. The van der Waals surface area contributed by atoms with Crippen LogP contribution >= 0.6 is 11.6 Å². The molecule has 34 heavy (non-hydrogen) atoms. The molecule has 0 spiro atoms. The van der Waals surface area contributed by atoms with Crippen LogP contribution in [-0.4, -0.2) is 46.0 Å².